The van der Waals surface area contributed by atoms with E-state index in [1.54, 1.807) is 12.1 Å². The van der Waals surface area contributed by atoms with Gasteiger partial charge in [-0.25, -0.2) is 0 Å². The van der Waals surface area contributed by atoms with Gasteiger partial charge in [-0.1, -0.05) is 77.1 Å². The fourth-order valence-corrected chi connectivity index (χ4v) is 6.30. The van der Waals surface area contributed by atoms with Crippen molar-refractivity contribution in [2.75, 3.05) is 26.7 Å². The second kappa shape index (κ2) is 16.3. The lowest BCUT2D eigenvalue weighted by atomic mass is 9.86. The summed E-state index contributed by atoms with van der Waals surface area (Å²) < 4.78 is 0. The third-order valence-electron chi connectivity index (χ3n) is 9.05. The lowest BCUT2D eigenvalue weighted by Crippen LogP contribution is -2.58. The van der Waals surface area contributed by atoms with Gasteiger partial charge in [-0.05, 0) is 47.4 Å². The van der Waals surface area contributed by atoms with Crippen LogP contribution in [0.4, 0.5) is 0 Å². The summed E-state index contributed by atoms with van der Waals surface area (Å²) in [4.78, 5) is 84.1. The summed E-state index contributed by atoms with van der Waals surface area (Å²) in [5.41, 5.74) is 2.13. The van der Waals surface area contributed by atoms with Crippen molar-refractivity contribution in [1.82, 2.24) is 31.1 Å². The first kappa shape index (κ1) is 38.0. The summed E-state index contributed by atoms with van der Waals surface area (Å²) in [7, 11) is 1.35. The Morgan fingerprint density at radius 3 is 2.12 bits per heavy atom. The molecule has 0 radical (unpaired) electrons. The van der Waals surface area contributed by atoms with Gasteiger partial charge in [0.15, 0.2) is 0 Å². The molecule has 6 amide bonds. The van der Waals surface area contributed by atoms with Crippen molar-refractivity contribution in [3.8, 4) is 0 Å². The number of hydrogen-bond acceptors (Lipinski definition) is 7. The monoisotopic (exact) mass is 690 g/mol. The van der Waals surface area contributed by atoms with Crippen LogP contribution in [0.5, 0.6) is 0 Å². The molecule has 13 heteroatoms. The van der Waals surface area contributed by atoms with Crippen molar-refractivity contribution in [3.63, 3.8) is 0 Å². The zero-order chi connectivity index (χ0) is 36.7. The maximum atomic E-state index is 14.5. The fraction of sp³-hybridized carbons (Fsp3) is 0.514. The normalized spacial score (nSPS) is 24.2. The lowest BCUT2D eigenvalue weighted by Gasteiger charge is -2.30. The molecule has 2 aromatic rings. The number of likely N-dealkylation sites (N-methyl/N-ethyl adjacent to an activating group) is 1. The molecular formula is C37H50N6O7. The Bertz CT molecular complexity index is 1560. The maximum Gasteiger partial charge on any atom is 0.251 e. The number of carbonyl (C=O) groups is 6. The van der Waals surface area contributed by atoms with Gasteiger partial charge in [0.25, 0.3) is 5.91 Å². The standard InChI is InChI=1S/C37H50N6O7/c1-22(2)16-27-33(47)40-28(17-23-10-8-7-9-11-23)36(50)43-19-26(38-32(46)24-12-14-25(15-13-24)37(3,4)5)18-30(43)34(48)41-29(21-44)35(49)42(6)20-31(45)39-27/h7-15,22,26-30,44H,16-21H2,1-6H3,(H,38,46)(H,39,45)(H,40,47)(H,41,48)/t26-,27-,28-,29-,30-/m0/s1. The minimum Gasteiger partial charge on any atom is -0.394 e. The molecule has 2 saturated heterocycles. The number of aliphatic hydroxyl groups excluding tert-OH is 1. The lowest BCUT2D eigenvalue weighted by molar-refractivity contribution is -0.143. The molecule has 0 aromatic heterocycles. The van der Waals surface area contributed by atoms with Crippen LogP contribution in [0, 0.1) is 5.92 Å². The highest BCUT2D eigenvalue weighted by molar-refractivity contribution is 5.98. The average Bonchev–Trinajstić information content (AvgIpc) is 3.49. The first-order valence-electron chi connectivity index (χ1n) is 17.1. The van der Waals surface area contributed by atoms with Crippen LogP contribution in [0.25, 0.3) is 0 Å². The molecule has 0 aliphatic carbocycles. The maximum absolute atomic E-state index is 14.5. The van der Waals surface area contributed by atoms with Gasteiger partial charge in [-0.3, -0.25) is 28.8 Å². The van der Waals surface area contributed by atoms with Crippen LogP contribution in [0.1, 0.15) is 68.9 Å². The molecule has 2 aromatic carbocycles. The molecule has 0 bridgehead atoms. The predicted octanol–water partition coefficient (Wildman–Crippen LogP) is 0.891. The Morgan fingerprint density at radius 2 is 1.52 bits per heavy atom. The third kappa shape index (κ3) is 9.68. The largest absolute Gasteiger partial charge is 0.394 e. The summed E-state index contributed by atoms with van der Waals surface area (Å²) in [6.45, 7) is 8.77. The highest BCUT2D eigenvalue weighted by Crippen LogP contribution is 2.24. The number of rotatable bonds is 7. The minimum atomic E-state index is -1.40. The zero-order valence-corrected chi connectivity index (χ0v) is 29.7. The second-order valence-corrected chi connectivity index (χ2v) is 14.7. The summed E-state index contributed by atoms with van der Waals surface area (Å²) >= 11 is 0. The van der Waals surface area contributed by atoms with Gasteiger partial charge in [0.1, 0.15) is 24.2 Å². The van der Waals surface area contributed by atoms with Gasteiger partial charge in [0.05, 0.1) is 13.2 Å². The van der Waals surface area contributed by atoms with E-state index in [9.17, 15) is 33.9 Å². The molecule has 2 heterocycles. The molecule has 2 fully saturated rings. The van der Waals surface area contributed by atoms with Crippen LogP contribution in [0.2, 0.25) is 0 Å². The summed E-state index contributed by atoms with van der Waals surface area (Å²) in [6, 6.07) is 11.0. The van der Waals surface area contributed by atoms with Crippen molar-refractivity contribution in [3.05, 3.63) is 71.3 Å². The van der Waals surface area contributed by atoms with Crippen molar-refractivity contribution >= 4 is 35.4 Å². The minimum absolute atomic E-state index is 0.00615. The highest BCUT2D eigenvalue weighted by Gasteiger charge is 2.44. The van der Waals surface area contributed by atoms with E-state index in [0.717, 1.165) is 16.0 Å². The molecule has 5 N–H and O–H groups in total. The van der Waals surface area contributed by atoms with E-state index in [1.165, 1.54) is 11.9 Å². The van der Waals surface area contributed by atoms with Crippen molar-refractivity contribution in [2.24, 2.45) is 5.92 Å². The number of nitrogens with zero attached hydrogens (tertiary/aromatic N) is 2. The molecule has 0 spiro atoms. The molecule has 2 aliphatic heterocycles. The van der Waals surface area contributed by atoms with Gasteiger partial charge < -0.3 is 36.2 Å². The fourth-order valence-electron chi connectivity index (χ4n) is 6.30. The van der Waals surface area contributed by atoms with E-state index in [0.29, 0.717) is 5.56 Å². The van der Waals surface area contributed by atoms with E-state index < -0.39 is 72.9 Å². The van der Waals surface area contributed by atoms with E-state index in [1.807, 2.05) is 56.3 Å². The second-order valence-electron chi connectivity index (χ2n) is 14.7. The zero-order valence-electron chi connectivity index (χ0n) is 29.7. The van der Waals surface area contributed by atoms with Gasteiger partial charge >= 0.3 is 0 Å². The van der Waals surface area contributed by atoms with Gasteiger partial charge in [-0.2, -0.15) is 0 Å². The Labute approximate surface area is 293 Å². The summed E-state index contributed by atoms with van der Waals surface area (Å²) in [6.07, 6.45) is 0.377. The average molecular weight is 691 g/mol. The first-order chi connectivity index (χ1) is 23.6. The molecule has 0 unspecified atom stereocenters. The van der Waals surface area contributed by atoms with Crippen LogP contribution in [-0.4, -0.2) is 107 Å². The number of amides is 6. The number of carbonyl (C=O) groups excluding carboxylic acids is 6. The van der Waals surface area contributed by atoms with Crippen LogP contribution in [0.15, 0.2) is 54.6 Å². The molecule has 5 atom stereocenters. The third-order valence-corrected chi connectivity index (χ3v) is 9.05. The molecule has 0 saturated carbocycles. The summed E-state index contributed by atoms with van der Waals surface area (Å²) in [5, 5.41) is 21.1. The van der Waals surface area contributed by atoms with E-state index in [-0.39, 0.29) is 43.0 Å². The number of aliphatic hydroxyl groups is 1. The molecule has 50 heavy (non-hydrogen) atoms. The number of benzene rings is 2. The Hall–Kier alpha value is -4.78. The van der Waals surface area contributed by atoms with Crippen LogP contribution >= 0.6 is 0 Å². The quantitative estimate of drug-likeness (QED) is 0.287. The van der Waals surface area contributed by atoms with E-state index >= 15 is 0 Å². The molecular weight excluding hydrogens is 640 g/mol. The van der Waals surface area contributed by atoms with Crippen molar-refractivity contribution in [2.45, 2.75) is 89.5 Å². The SMILES string of the molecule is CC(C)C[C@@H]1NC(=O)CN(C)C(=O)[C@H](CO)NC(=O)[C@@H]2C[C@H](NC(=O)c3ccc(C(C)(C)C)cc3)CN2C(=O)[C@H](Cc2ccccc2)NC1=O. The highest BCUT2D eigenvalue weighted by atomic mass is 16.3. The van der Waals surface area contributed by atoms with E-state index in [4.69, 9.17) is 0 Å². The number of fused-ring (bicyclic) bond motifs is 1. The summed E-state index contributed by atoms with van der Waals surface area (Å²) in [5.74, 6) is -3.59. The van der Waals surface area contributed by atoms with Crippen molar-refractivity contribution < 1.29 is 33.9 Å². The van der Waals surface area contributed by atoms with Crippen LogP contribution < -0.4 is 21.3 Å². The topological polar surface area (TPSA) is 177 Å². The molecule has 2 aliphatic rings. The Morgan fingerprint density at radius 1 is 0.880 bits per heavy atom. The Kier molecular flexibility index (Phi) is 12.4. The molecule has 270 valence electrons. The van der Waals surface area contributed by atoms with Crippen LogP contribution in [0.3, 0.4) is 0 Å². The van der Waals surface area contributed by atoms with Crippen molar-refractivity contribution in [1.29, 1.82) is 0 Å². The Balaban J connectivity index is 1.69. The number of nitrogens with one attached hydrogen (secondary N) is 4. The number of hydrogen-bond donors (Lipinski definition) is 5. The predicted molar refractivity (Wildman–Crippen MR) is 187 cm³/mol. The smallest absolute Gasteiger partial charge is 0.251 e. The van der Waals surface area contributed by atoms with Gasteiger partial charge in [-0.15, -0.1) is 0 Å². The van der Waals surface area contributed by atoms with Gasteiger partial charge in [0, 0.05) is 31.6 Å². The molecule has 13 nitrogen and oxygen atoms in total. The van der Waals surface area contributed by atoms with Crippen LogP contribution in [-0.2, 0) is 35.8 Å². The first-order valence-corrected chi connectivity index (χ1v) is 17.1. The van der Waals surface area contributed by atoms with E-state index in [2.05, 4.69) is 42.0 Å². The van der Waals surface area contributed by atoms with Gasteiger partial charge in [0.2, 0.25) is 29.5 Å². The molecule has 4 rings (SSSR count).